The van der Waals surface area contributed by atoms with Gasteiger partial charge in [0.2, 0.25) is 0 Å². The Morgan fingerprint density at radius 2 is 2.10 bits per heavy atom. The average Bonchev–Trinajstić information content (AvgIpc) is 2.54. The Balaban J connectivity index is 2.07. The molecule has 4 nitrogen and oxygen atoms in total. The summed E-state index contributed by atoms with van der Waals surface area (Å²) in [6.45, 7) is 2.71. The van der Waals surface area contributed by atoms with Gasteiger partial charge < -0.3 is 14.7 Å². The van der Waals surface area contributed by atoms with Crippen molar-refractivity contribution in [3.05, 3.63) is 53.9 Å². The smallest absolute Gasteiger partial charge is 0.119 e. The van der Waals surface area contributed by atoms with Crippen molar-refractivity contribution >= 4 is 5.69 Å². The topological polar surface area (TPSA) is 45.6 Å². The first-order valence-electron chi connectivity index (χ1n) is 7.12. The van der Waals surface area contributed by atoms with Crippen LogP contribution in [0.3, 0.4) is 0 Å². The third kappa shape index (κ3) is 3.95. The van der Waals surface area contributed by atoms with Gasteiger partial charge in [0.1, 0.15) is 5.75 Å². The molecule has 21 heavy (non-hydrogen) atoms. The highest BCUT2D eigenvalue weighted by Crippen LogP contribution is 2.20. The lowest BCUT2D eigenvalue weighted by Crippen LogP contribution is -2.16. The molecule has 4 heteroatoms. The summed E-state index contributed by atoms with van der Waals surface area (Å²) in [5.41, 5.74) is 2.91. The third-order valence-electron chi connectivity index (χ3n) is 3.49. The quantitative estimate of drug-likeness (QED) is 0.886. The number of anilines is 1. The molecular formula is C17H22N2O2. The van der Waals surface area contributed by atoms with Crippen molar-refractivity contribution in [2.75, 3.05) is 19.1 Å². The fourth-order valence-corrected chi connectivity index (χ4v) is 2.17. The number of nitrogens with zero attached hydrogens (tertiary/aromatic N) is 2. The highest BCUT2D eigenvalue weighted by molar-refractivity contribution is 5.45. The molecule has 0 saturated carbocycles. The lowest BCUT2D eigenvalue weighted by molar-refractivity contribution is 0.169. The fraction of sp³-hybridized carbons (Fsp3) is 0.353. The van der Waals surface area contributed by atoms with Crippen molar-refractivity contribution in [1.82, 2.24) is 4.98 Å². The Kier molecular flexibility index (Phi) is 5.17. The van der Waals surface area contributed by atoms with Crippen molar-refractivity contribution in [3.8, 4) is 5.75 Å². The van der Waals surface area contributed by atoms with E-state index in [4.69, 9.17) is 4.74 Å². The minimum Gasteiger partial charge on any atom is -0.497 e. The van der Waals surface area contributed by atoms with Crippen LogP contribution in [0.25, 0.3) is 0 Å². The Morgan fingerprint density at radius 1 is 1.29 bits per heavy atom. The molecule has 1 aromatic heterocycles. The first-order chi connectivity index (χ1) is 10.1. The van der Waals surface area contributed by atoms with Gasteiger partial charge >= 0.3 is 0 Å². The summed E-state index contributed by atoms with van der Waals surface area (Å²) in [6, 6.07) is 11.9. The zero-order valence-electron chi connectivity index (χ0n) is 12.8. The SMILES string of the molecule is CC[C@@H](O)c1ccc(N(C)Cc2cccc(OC)c2)cn1. The molecule has 1 aromatic carbocycles. The molecule has 0 aliphatic carbocycles. The average molecular weight is 286 g/mol. The van der Waals surface area contributed by atoms with Crippen LogP contribution < -0.4 is 9.64 Å². The van der Waals surface area contributed by atoms with Crippen LogP contribution in [0.15, 0.2) is 42.6 Å². The second-order valence-corrected chi connectivity index (χ2v) is 5.07. The van der Waals surface area contributed by atoms with Gasteiger partial charge in [0.05, 0.1) is 30.8 Å². The maximum Gasteiger partial charge on any atom is 0.119 e. The number of ether oxygens (including phenoxy) is 1. The predicted octanol–water partition coefficient (Wildman–Crippen LogP) is 3.17. The van der Waals surface area contributed by atoms with Crippen LogP contribution in [0.5, 0.6) is 5.75 Å². The van der Waals surface area contributed by atoms with Crippen LogP contribution in [0, 0.1) is 0 Å². The second kappa shape index (κ2) is 7.09. The van der Waals surface area contributed by atoms with E-state index in [1.165, 1.54) is 5.56 Å². The highest BCUT2D eigenvalue weighted by atomic mass is 16.5. The predicted molar refractivity (Wildman–Crippen MR) is 84.6 cm³/mol. The summed E-state index contributed by atoms with van der Waals surface area (Å²) in [6.07, 6.45) is 1.99. The van der Waals surface area contributed by atoms with E-state index in [1.807, 2.05) is 44.3 Å². The summed E-state index contributed by atoms with van der Waals surface area (Å²) in [4.78, 5) is 6.44. The summed E-state index contributed by atoms with van der Waals surface area (Å²) in [7, 11) is 3.69. The number of hydrogen-bond acceptors (Lipinski definition) is 4. The van der Waals surface area contributed by atoms with Gasteiger partial charge in [-0.25, -0.2) is 0 Å². The number of aromatic nitrogens is 1. The van der Waals surface area contributed by atoms with E-state index < -0.39 is 6.10 Å². The van der Waals surface area contributed by atoms with Crippen molar-refractivity contribution in [2.45, 2.75) is 26.0 Å². The van der Waals surface area contributed by atoms with Gasteiger partial charge in [-0.15, -0.1) is 0 Å². The first kappa shape index (κ1) is 15.3. The lowest BCUT2D eigenvalue weighted by atomic mass is 10.1. The second-order valence-electron chi connectivity index (χ2n) is 5.07. The number of pyridine rings is 1. The molecule has 2 rings (SSSR count). The van der Waals surface area contributed by atoms with Gasteiger partial charge in [-0.1, -0.05) is 19.1 Å². The molecule has 0 amide bonds. The molecule has 112 valence electrons. The summed E-state index contributed by atoms with van der Waals surface area (Å²) in [5, 5.41) is 9.76. The van der Waals surface area contributed by atoms with Gasteiger partial charge in [-0.05, 0) is 36.2 Å². The molecule has 1 heterocycles. The molecule has 1 atom stereocenters. The summed E-state index contributed by atoms with van der Waals surface area (Å²) < 4.78 is 5.24. The van der Waals surface area contributed by atoms with E-state index in [1.54, 1.807) is 13.3 Å². The fourth-order valence-electron chi connectivity index (χ4n) is 2.17. The van der Waals surface area contributed by atoms with Crippen molar-refractivity contribution in [1.29, 1.82) is 0 Å². The van der Waals surface area contributed by atoms with Crippen molar-refractivity contribution in [2.24, 2.45) is 0 Å². The Labute approximate surface area is 126 Å². The molecule has 0 bridgehead atoms. The van der Waals surface area contributed by atoms with Crippen LogP contribution >= 0.6 is 0 Å². The van der Waals surface area contributed by atoms with Gasteiger partial charge in [0, 0.05) is 13.6 Å². The summed E-state index contributed by atoms with van der Waals surface area (Å²) >= 11 is 0. The number of aliphatic hydroxyl groups excluding tert-OH is 1. The Bertz CT molecular complexity index is 569. The highest BCUT2D eigenvalue weighted by Gasteiger charge is 2.08. The van der Waals surface area contributed by atoms with Crippen LogP contribution in [0.1, 0.15) is 30.7 Å². The molecule has 0 fully saturated rings. The molecular weight excluding hydrogens is 264 g/mol. The minimum absolute atomic E-state index is 0.484. The van der Waals surface area contributed by atoms with E-state index >= 15 is 0 Å². The van der Waals surface area contributed by atoms with Gasteiger partial charge in [-0.2, -0.15) is 0 Å². The van der Waals surface area contributed by atoms with E-state index in [0.717, 1.165) is 23.7 Å². The lowest BCUT2D eigenvalue weighted by Gasteiger charge is -2.20. The molecule has 0 aliphatic rings. The molecule has 0 saturated heterocycles. The van der Waals surface area contributed by atoms with E-state index in [9.17, 15) is 5.11 Å². The zero-order chi connectivity index (χ0) is 15.2. The normalized spacial score (nSPS) is 12.0. The maximum absolute atomic E-state index is 9.76. The number of methoxy groups -OCH3 is 1. The van der Waals surface area contributed by atoms with Crippen LogP contribution in [0.4, 0.5) is 5.69 Å². The Morgan fingerprint density at radius 3 is 2.71 bits per heavy atom. The van der Waals surface area contributed by atoms with Crippen LogP contribution in [-0.2, 0) is 6.54 Å². The molecule has 1 N–H and O–H groups in total. The largest absolute Gasteiger partial charge is 0.497 e. The number of hydrogen-bond donors (Lipinski definition) is 1. The Hall–Kier alpha value is -2.07. The van der Waals surface area contributed by atoms with Crippen LogP contribution in [0.2, 0.25) is 0 Å². The standard InChI is InChI=1S/C17H22N2O2/c1-4-17(20)16-9-8-14(11-18-16)19(2)12-13-6-5-7-15(10-13)21-3/h5-11,17,20H,4,12H2,1-3H3/t17-/m1/s1. The number of rotatable bonds is 6. The monoisotopic (exact) mass is 286 g/mol. The zero-order valence-corrected chi connectivity index (χ0v) is 12.8. The molecule has 0 unspecified atom stereocenters. The number of benzene rings is 1. The molecule has 0 radical (unpaired) electrons. The summed E-state index contributed by atoms with van der Waals surface area (Å²) in [5.74, 6) is 0.862. The van der Waals surface area contributed by atoms with Gasteiger partial charge in [-0.3, -0.25) is 4.98 Å². The van der Waals surface area contributed by atoms with Gasteiger partial charge in [0.15, 0.2) is 0 Å². The minimum atomic E-state index is -0.484. The maximum atomic E-state index is 9.76. The van der Waals surface area contributed by atoms with Crippen molar-refractivity contribution in [3.63, 3.8) is 0 Å². The van der Waals surface area contributed by atoms with Gasteiger partial charge in [0.25, 0.3) is 0 Å². The molecule has 0 spiro atoms. The molecule has 2 aromatic rings. The van der Waals surface area contributed by atoms with E-state index in [-0.39, 0.29) is 0 Å². The third-order valence-corrected chi connectivity index (χ3v) is 3.49. The van der Waals surface area contributed by atoms with Crippen molar-refractivity contribution < 1.29 is 9.84 Å². The van der Waals surface area contributed by atoms with E-state index in [2.05, 4.69) is 16.0 Å². The van der Waals surface area contributed by atoms with Crippen LogP contribution in [-0.4, -0.2) is 24.2 Å². The molecule has 0 aliphatic heterocycles. The first-order valence-corrected chi connectivity index (χ1v) is 7.12. The van der Waals surface area contributed by atoms with E-state index in [0.29, 0.717) is 6.42 Å². The number of aliphatic hydroxyl groups is 1.